The van der Waals surface area contributed by atoms with Crippen LogP contribution in [0, 0.1) is 6.92 Å². The zero-order chi connectivity index (χ0) is 9.84. The second kappa shape index (κ2) is 4.74. The molecule has 0 saturated heterocycles. The highest BCUT2D eigenvalue weighted by Crippen LogP contribution is 2.24. The van der Waals surface area contributed by atoms with Crippen LogP contribution in [0.25, 0.3) is 0 Å². The molecule has 0 radical (unpaired) electrons. The first-order valence-electron chi connectivity index (χ1n) is 4.63. The van der Waals surface area contributed by atoms with Crippen molar-refractivity contribution in [3.05, 3.63) is 21.9 Å². The summed E-state index contributed by atoms with van der Waals surface area (Å²) in [6, 6.07) is 4.17. The number of rotatable bonds is 4. The Kier molecular flexibility index (Phi) is 3.90. The molecule has 13 heavy (non-hydrogen) atoms. The van der Waals surface area contributed by atoms with E-state index < -0.39 is 0 Å². The van der Waals surface area contributed by atoms with Gasteiger partial charge in [0.1, 0.15) is 6.10 Å². The molecule has 2 unspecified atom stereocenters. The van der Waals surface area contributed by atoms with Gasteiger partial charge in [-0.15, -0.1) is 11.3 Å². The van der Waals surface area contributed by atoms with Crippen molar-refractivity contribution in [2.75, 3.05) is 6.54 Å². The standard InChI is InChI=1S/C10H17NOS/c1-4-11-8(3)10(12)9-6-5-7(2)13-9/h5-6,8,10-12H,4H2,1-3H3. The highest BCUT2D eigenvalue weighted by atomic mass is 32.1. The molecule has 3 heteroatoms. The molecular weight excluding hydrogens is 182 g/mol. The van der Waals surface area contributed by atoms with Gasteiger partial charge in [0.05, 0.1) is 0 Å². The highest BCUT2D eigenvalue weighted by Gasteiger charge is 2.16. The first-order valence-corrected chi connectivity index (χ1v) is 5.44. The van der Waals surface area contributed by atoms with Gasteiger partial charge in [-0.25, -0.2) is 0 Å². The lowest BCUT2D eigenvalue weighted by atomic mass is 10.1. The number of aryl methyl sites for hydroxylation is 1. The molecule has 0 aliphatic carbocycles. The molecule has 0 amide bonds. The van der Waals surface area contributed by atoms with E-state index in [0.717, 1.165) is 11.4 Å². The highest BCUT2D eigenvalue weighted by molar-refractivity contribution is 7.12. The molecule has 0 aliphatic heterocycles. The third-order valence-corrected chi connectivity index (χ3v) is 3.12. The molecule has 74 valence electrons. The summed E-state index contributed by atoms with van der Waals surface area (Å²) in [5.41, 5.74) is 0. The SMILES string of the molecule is CCNC(C)C(O)c1ccc(C)s1. The molecule has 0 bridgehead atoms. The van der Waals surface area contributed by atoms with E-state index in [1.807, 2.05) is 26.0 Å². The first-order chi connectivity index (χ1) is 6.15. The molecule has 0 spiro atoms. The summed E-state index contributed by atoms with van der Waals surface area (Å²) in [5.74, 6) is 0. The minimum atomic E-state index is -0.376. The second-order valence-electron chi connectivity index (χ2n) is 3.24. The quantitative estimate of drug-likeness (QED) is 0.778. The van der Waals surface area contributed by atoms with Crippen LogP contribution in [-0.2, 0) is 0 Å². The average Bonchev–Trinajstić information content (AvgIpc) is 2.51. The Morgan fingerprint density at radius 1 is 1.54 bits per heavy atom. The van der Waals surface area contributed by atoms with Gasteiger partial charge in [-0.1, -0.05) is 6.92 Å². The van der Waals surface area contributed by atoms with Crippen molar-refractivity contribution >= 4 is 11.3 Å². The molecule has 0 fully saturated rings. The molecule has 2 N–H and O–H groups in total. The van der Waals surface area contributed by atoms with E-state index in [-0.39, 0.29) is 12.1 Å². The predicted octanol–water partition coefficient (Wildman–Crippen LogP) is 2.09. The Hall–Kier alpha value is -0.380. The van der Waals surface area contributed by atoms with Gasteiger partial charge in [-0.05, 0) is 32.5 Å². The number of nitrogens with one attached hydrogen (secondary N) is 1. The Labute approximate surface area is 83.6 Å². The van der Waals surface area contributed by atoms with Crippen LogP contribution in [0.2, 0.25) is 0 Å². The van der Waals surface area contributed by atoms with Crippen LogP contribution in [0.15, 0.2) is 12.1 Å². The van der Waals surface area contributed by atoms with Gasteiger partial charge in [0.2, 0.25) is 0 Å². The van der Waals surface area contributed by atoms with Crippen molar-refractivity contribution in [2.45, 2.75) is 32.9 Å². The average molecular weight is 199 g/mol. The molecular formula is C10H17NOS. The largest absolute Gasteiger partial charge is 0.386 e. The van der Waals surface area contributed by atoms with Gasteiger partial charge in [-0.2, -0.15) is 0 Å². The van der Waals surface area contributed by atoms with Gasteiger partial charge < -0.3 is 10.4 Å². The van der Waals surface area contributed by atoms with Gasteiger partial charge in [0.25, 0.3) is 0 Å². The second-order valence-corrected chi connectivity index (χ2v) is 4.56. The minimum Gasteiger partial charge on any atom is -0.386 e. The molecule has 1 aromatic heterocycles. The molecule has 1 rings (SSSR count). The summed E-state index contributed by atoms with van der Waals surface area (Å²) >= 11 is 1.66. The summed E-state index contributed by atoms with van der Waals surface area (Å²) in [7, 11) is 0. The topological polar surface area (TPSA) is 32.3 Å². The maximum absolute atomic E-state index is 9.88. The van der Waals surface area contributed by atoms with Crippen LogP contribution in [0.5, 0.6) is 0 Å². The van der Waals surface area contributed by atoms with E-state index in [9.17, 15) is 5.11 Å². The smallest absolute Gasteiger partial charge is 0.103 e. The Morgan fingerprint density at radius 3 is 2.69 bits per heavy atom. The zero-order valence-electron chi connectivity index (χ0n) is 8.37. The Bertz CT molecular complexity index is 259. The summed E-state index contributed by atoms with van der Waals surface area (Å²) < 4.78 is 0. The number of likely N-dealkylation sites (N-methyl/N-ethyl adjacent to an activating group) is 1. The van der Waals surface area contributed by atoms with Crippen LogP contribution in [0.4, 0.5) is 0 Å². The molecule has 2 nitrogen and oxygen atoms in total. The van der Waals surface area contributed by atoms with E-state index in [1.54, 1.807) is 11.3 Å². The van der Waals surface area contributed by atoms with Gasteiger partial charge in [0.15, 0.2) is 0 Å². The third-order valence-electron chi connectivity index (χ3n) is 2.05. The van der Waals surface area contributed by atoms with E-state index in [4.69, 9.17) is 0 Å². The van der Waals surface area contributed by atoms with Gasteiger partial charge in [0, 0.05) is 15.8 Å². The van der Waals surface area contributed by atoms with Crippen molar-refractivity contribution in [3.63, 3.8) is 0 Å². The van der Waals surface area contributed by atoms with E-state index in [1.165, 1.54) is 4.88 Å². The van der Waals surface area contributed by atoms with Crippen molar-refractivity contribution in [3.8, 4) is 0 Å². The van der Waals surface area contributed by atoms with Crippen LogP contribution in [-0.4, -0.2) is 17.7 Å². The van der Waals surface area contributed by atoms with E-state index in [2.05, 4.69) is 12.2 Å². The number of aliphatic hydroxyl groups excluding tert-OH is 1. The lowest BCUT2D eigenvalue weighted by Gasteiger charge is -2.17. The summed E-state index contributed by atoms with van der Waals surface area (Å²) in [6.07, 6.45) is -0.376. The maximum Gasteiger partial charge on any atom is 0.103 e. The monoisotopic (exact) mass is 199 g/mol. The Balaban J connectivity index is 2.61. The third kappa shape index (κ3) is 2.79. The molecule has 0 aliphatic rings. The van der Waals surface area contributed by atoms with Crippen molar-refractivity contribution in [1.29, 1.82) is 0 Å². The number of hydrogen-bond donors (Lipinski definition) is 2. The van der Waals surface area contributed by atoms with E-state index >= 15 is 0 Å². The lowest BCUT2D eigenvalue weighted by molar-refractivity contribution is 0.140. The van der Waals surface area contributed by atoms with Crippen LogP contribution in [0.3, 0.4) is 0 Å². The first kappa shape index (κ1) is 10.7. The molecule has 0 aromatic carbocycles. The zero-order valence-corrected chi connectivity index (χ0v) is 9.19. The molecule has 1 aromatic rings. The summed E-state index contributed by atoms with van der Waals surface area (Å²) in [6.45, 7) is 6.99. The van der Waals surface area contributed by atoms with Crippen LogP contribution in [0.1, 0.15) is 29.7 Å². The minimum absolute atomic E-state index is 0.128. The molecule has 1 heterocycles. The summed E-state index contributed by atoms with van der Waals surface area (Å²) in [5, 5.41) is 13.1. The molecule has 2 atom stereocenters. The van der Waals surface area contributed by atoms with Crippen molar-refractivity contribution in [2.24, 2.45) is 0 Å². The van der Waals surface area contributed by atoms with Crippen molar-refractivity contribution in [1.82, 2.24) is 5.32 Å². The molecule has 0 saturated carbocycles. The number of aliphatic hydroxyl groups is 1. The fourth-order valence-electron chi connectivity index (χ4n) is 1.29. The normalized spacial score (nSPS) is 15.7. The fraction of sp³-hybridized carbons (Fsp3) is 0.600. The lowest BCUT2D eigenvalue weighted by Crippen LogP contribution is -2.31. The van der Waals surface area contributed by atoms with Crippen LogP contribution < -0.4 is 5.32 Å². The Morgan fingerprint density at radius 2 is 2.23 bits per heavy atom. The fourth-order valence-corrected chi connectivity index (χ4v) is 2.26. The number of hydrogen-bond acceptors (Lipinski definition) is 3. The van der Waals surface area contributed by atoms with E-state index in [0.29, 0.717) is 0 Å². The van der Waals surface area contributed by atoms with Gasteiger partial charge in [-0.3, -0.25) is 0 Å². The van der Waals surface area contributed by atoms with Gasteiger partial charge >= 0.3 is 0 Å². The van der Waals surface area contributed by atoms with Crippen LogP contribution >= 0.6 is 11.3 Å². The maximum atomic E-state index is 9.88. The number of thiophene rings is 1. The van der Waals surface area contributed by atoms with Crippen molar-refractivity contribution < 1.29 is 5.11 Å². The predicted molar refractivity (Wildman–Crippen MR) is 57.2 cm³/mol. The summed E-state index contributed by atoms with van der Waals surface area (Å²) in [4.78, 5) is 2.30.